The number of hydrogen-bond donors (Lipinski definition) is 6. The van der Waals surface area contributed by atoms with E-state index in [1.54, 1.807) is 10.6 Å². The molecule has 5 atom stereocenters. The van der Waals surface area contributed by atoms with E-state index in [4.69, 9.17) is 16.3 Å². The van der Waals surface area contributed by atoms with E-state index >= 15 is 0 Å². The van der Waals surface area contributed by atoms with Crippen LogP contribution in [0.15, 0.2) is 73.3 Å². The first-order valence-corrected chi connectivity index (χ1v) is 14.9. The molecule has 1 fully saturated rings. The number of nitrogens with zero attached hydrogens (tertiary/aromatic N) is 4. The van der Waals surface area contributed by atoms with Gasteiger partial charge in [0.25, 0.3) is 0 Å². The van der Waals surface area contributed by atoms with E-state index in [2.05, 4.69) is 36.2 Å². The third-order valence-electron chi connectivity index (χ3n) is 7.26. The van der Waals surface area contributed by atoms with Crippen LogP contribution in [0.2, 0.25) is 5.02 Å². The minimum absolute atomic E-state index is 0.0293. The molecule has 1 aliphatic rings. The van der Waals surface area contributed by atoms with Gasteiger partial charge in [0.1, 0.15) is 24.6 Å². The van der Waals surface area contributed by atoms with Gasteiger partial charge in [-0.15, -0.1) is 0 Å². The number of ether oxygens (including phenoxy) is 1. The van der Waals surface area contributed by atoms with Crippen molar-refractivity contribution < 1.29 is 19.7 Å². The van der Waals surface area contributed by atoms with Gasteiger partial charge in [-0.05, 0) is 56.6 Å². The van der Waals surface area contributed by atoms with Crippen LogP contribution in [0.3, 0.4) is 0 Å². The van der Waals surface area contributed by atoms with Gasteiger partial charge in [-0.25, -0.2) is 19.7 Å². The van der Waals surface area contributed by atoms with Crippen molar-refractivity contribution in [3.8, 4) is 0 Å². The molecule has 13 heteroatoms. The largest absolute Gasteiger partial charge is 0.387 e. The Morgan fingerprint density at radius 3 is 2.73 bits per heavy atom. The molecule has 5 rings (SSSR count). The van der Waals surface area contributed by atoms with Crippen LogP contribution in [0.25, 0.3) is 11.2 Å². The van der Waals surface area contributed by atoms with Gasteiger partial charge in [-0.3, -0.25) is 4.57 Å². The molecule has 0 radical (unpaired) electrons. The second-order valence-corrected chi connectivity index (χ2v) is 11.2. The molecular formula is C31H37ClN8O4. The van der Waals surface area contributed by atoms with Gasteiger partial charge in [0.2, 0.25) is 0 Å². The van der Waals surface area contributed by atoms with Crippen molar-refractivity contribution >= 4 is 40.3 Å². The number of anilines is 2. The Hall–Kier alpha value is -4.07. The number of benzene rings is 2. The van der Waals surface area contributed by atoms with E-state index in [0.717, 1.165) is 23.2 Å². The number of amides is 2. The molecule has 0 aliphatic carbocycles. The number of fused-ring (bicyclic) bond motifs is 1. The Morgan fingerprint density at radius 2 is 1.93 bits per heavy atom. The third-order valence-corrected chi connectivity index (χ3v) is 7.50. The number of rotatable bonds is 12. The second-order valence-electron chi connectivity index (χ2n) is 10.7. The summed E-state index contributed by atoms with van der Waals surface area (Å²) in [5.41, 5.74) is 3.84. The van der Waals surface area contributed by atoms with Crippen LogP contribution in [-0.4, -0.2) is 73.2 Å². The summed E-state index contributed by atoms with van der Waals surface area (Å²) in [6.07, 6.45) is 3.34. The Morgan fingerprint density at radius 1 is 1.11 bits per heavy atom. The van der Waals surface area contributed by atoms with Gasteiger partial charge >= 0.3 is 6.03 Å². The van der Waals surface area contributed by atoms with Gasteiger partial charge in [0.15, 0.2) is 23.2 Å². The number of hydrogen-bond acceptors (Lipinski definition) is 9. The SMILES string of the molecule is Cc1ccc(NC(=O)NCCCNC(C)C=C[C@H]2O[C@@H](n3cnc4c(NCc5cccc(Cl)c5)ncnc43)[C@H](O)[C@@H]2O)cc1. The second kappa shape index (κ2) is 14.6. The Kier molecular flexibility index (Phi) is 10.4. The van der Waals surface area contributed by atoms with Gasteiger partial charge in [-0.1, -0.05) is 53.6 Å². The maximum Gasteiger partial charge on any atom is 0.319 e. The number of nitrogens with one attached hydrogen (secondary N) is 4. The highest BCUT2D eigenvalue weighted by atomic mass is 35.5. The van der Waals surface area contributed by atoms with Crippen molar-refractivity contribution in [3.63, 3.8) is 0 Å². The molecule has 1 saturated heterocycles. The maximum absolute atomic E-state index is 12.1. The smallest absolute Gasteiger partial charge is 0.319 e. The molecule has 2 amide bonds. The minimum Gasteiger partial charge on any atom is -0.387 e. The first-order chi connectivity index (χ1) is 21.3. The molecule has 2 aromatic carbocycles. The minimum atomic E-state index is -1.19. The molecule has 44 heavy (non-hydrogen) atoms. The zero-order chi connectivity index (χ0) is 31.1. The summed E-state index contributed by atoms with van der Waals surface area (Å²) in [6, 6.07) is 14.8. The monoisotopic (exact) mass is 620 g/mol. The lowest BCUT2D eigenvalue weighted by Crippen LogP contribution is -2.33. The van der Waals surface area contributed by atoms with Crippen molar-refractivity contribution in [2.45, 2.75) is 57.4 Å². The number of halogens is 1. The highest BCUT2D eigenvalue weighted by molar-refractivity contribution is 6.30. The van der Waals surface area contributed by atoms with Crippen LogP contribution in [0.5, 0.6) is 0 Å². The predicted octanol–water partition coefficient (Wildman–Crippen LogP) is 3.77. The highest BCUT2D eigenvalue weighted by Gasteiger charge is 2.43. The van der Waals surface area contributed by atoms with Gasteiger partial charge in [0, 0.05) is 29.8 Å². The number of carbonyl (C=O) groups excluding carboxylic acids is 1. The van der Waals surface area contributed by atoms with E-state index < -0.39 is 24.5 Å². The Balaban J connectivity index is 1.10. The number of carbonyl (C=O) groups is 1. The topological polar surface area (TPSA) is 158 Å². The number of aliphatic hydroxyl groups is 2. The van der Waals surface area contributed by atoms with Crippen LogP contribution in [0.1, 0.15) is 30.7 Å². The molecule has 4 aromatic rings. The van der Waals surface area contributed by atoms with Crippen molar-refractivity contribution in [3.05, 3.63) is 89.5 Å². The molecule has 12 nitrogen and oxygen atoms in total. The molecule has 3 heterocycles. The maximum atomic E-state index is 12.1. The van der Waals surface area contributed by atoms with Crippen molar-refractivity contribution in [1.82, 2.24) is 30.2 Å². The zero-order valence-electron chi connectivity index (χ0n) is 24.5. The number of imidazole rings is 1. The predicted molar refractivity (Wildman–Crippen MR) is 169 cm³/mol. The number of aliphatic hydroxyl groups excluding tert-OH is 2. The molecule has 232 valence electrons. The quantitative estimate of drug-likeness (QED) is 0.102. The van der Waals surface area contributed by atoms with Crippen molar-refractivity contribution in [1.29, 1.82) is 0 Å². The summed E-state index contributed by atoms with van der Waals surface area (Å²) in [5.74, 6) is 0.528. The van der Waals surface area contributed by atoms with Crippen LogP contribution in [-0.2, 0) is 11.3 Å². The van der Waals surface area contributed by atoms with Crippen LogP contribution < -0.4 is 21.3 Å². The first-order valence-electron chi connectivity index (χ1n) is 14.5. The summed E-state index contributed by atoms with van der Waals surface area (Å²) in [5, 5.41) is 34.5. The fraction of sp³-hybridized carbons (Fsp3) is 0.355. The Bertz CT molecular complexity index is 1580. The van der Waals surface area contributed by atoms with E-state index in [1.165, 1.54) is 12.7 Å². The molecule has 2 aromatic heterocycles. The lowest BCUT2D eigenvalue weighted by atomic mass is 10.1. The highest BCUT2D eigenvalue weighted by Crippen LogP contribution is 2.33. The molecule has 1 unspecified atom stereocenters. The zero-order valence-corrected chi connectivity index (χ0v) is 25.3. The molecular weight excluding hydrogens is 584 g/mol. The number of urea groups is 1. The van der Waals surface area contributed by atoms with E-state index in [0.29, 0.717) is 41.6 Å². The fourth-order valence-electron chi connectivity index (χ4n) is 4.85. The first kappa shape index (κ1) is 31.4. The number of aromatic nitrogens is 4. The van der Waals surface area contributed by atoms with E-state index in [1.807, 2.05) is 68.5 Å². The van der Waals surface area contributed by atoms with Crippen LogP contribution in [0.4, 0.5) is 16.3 Å². The summed E-state index contributed by atoms with van der Waals surface area (Å²) < 4.78 is 7.66. The normalized spacial score (nSPS) is 20.7. The molecule has 6 N–H and O–H groups in total. The van der Waals surface area contributed by atoms with Gasteiger partial charge < -0.3 is 36.2 Å². The van der Waals surface area contributed by atoms with Crippen LogP contribution >= 0.6 is 11.6 Å². The third kappa shape index (κ3) is 7.90. The lowest BCUT2D eigenvalue weighted by Gasteiger charge is -2.16. The van der Waals surface area contributed by atoms with E-state index in [-0.39, 0.29) is 12.1 Å². The molecule has 0 spiro atoms. The fourth-order valence-corrected chi connectivity index (χ4v) is 5.06. The van der Waals surface area contributed by atoms with Gasteiger partial charge in [0.05, 0.1) is 6.33 Å². The average Bonchev–Trinajstić information content (AvgIpc) is 3.56. The number of aryl methyl sites for hydroxylation is 1. The lowest BCUT2D eigenvalue weighted by molar-refractivity contribution is -0.0245. The van der Waals surface area contributed by atoms with E-state index in [9.17, 15) is 15.0 Å². The molecule has 0 bridgehead atoms. The van der Waals surface area contributed by atoms with Crippen LogP contribution in [0, 0.1) is 6.92 Å². The average molecular weight is 621 g/mol. The summed E-state index contributed by atoms with van der Waals surface area (Å²) in [4.78, 5) is 25.2. The summed E-state index contributed by atoms with van der Waals surface area (Å²) in [6.45, 7) is 5.64. The Labute approximate surface area is 260 Å². The molecule has 0 saturated carbocycles. The summed E-state index contributed by atoms with van der Waals surface area (Å²) in [7, 11) is 0. The van der Waals surface area contributed by atoms with Gasteiger partial charge in [-0.2, -0.15) is 0 Å². The van der Waals surface area contributed by atoms with Crippen molar-refractivity contribution in [2.75, 3.05) is 23.7 Å². The van der Waals surface area contributed by atoms with Crippen molar-refractivity contribution in [2.24, 2.45) is 0 Å². The standard InChI is InChI=1S/C31H37ClN8O4/c1-19-7-10-23(11-8-19)39-31(43)34-14-4-13-33-20(2)9-12-24-26(41)27(42)30(44-24)40-18-38-25-28(36-17-37-29(25)40)35-16-21-5-3-6-22(32)15-21/h3,5-12,15,17-18,20,24,26-27,30,33,41-42H,4,13-14,16H2,1-2H3,(H2,34,39,43)(H,35,36,37)/t20?,24-,26-,27-,30-/m1/s1. The summed E-state index contributed by atoms with van der Waals surface area (Å²) >= 11 is 6.09. The molecule has 1 aliphatic heterocycles.